The third kappa shape index (κ3) is 3.22. The largest absolute Gasteiger partial charge is 0.346 e. The maximum Gasteiger partial charge on any atom is 0.253 e. The zero-order chi connectivity index (χ0) is 18.5. The SMILES string of the molecule is Cc1ccc2c3c(nn2c1)CCC(C)(NC(=O)c1ccc(I)cc1Cl)C3. The summed E-state index contributed by atoms with van der Waals surface area (Å²) in [5.41, 5.74) is 4.88. The normalized spacial score (nSPS) is 19.4. The molecule has 4 rings (SSSR count). The van der Waals surface area contributed by atoms with Crippen LogP contribution in [0, 0.1) is 10.5 Å². The number of halogens is 2. The first-order valence-electron chi connectivity index (χ1n) is 8.59. The third-order valence-electron chi connectivity index (χ3n) is 5.03. The number of nitrogens with zero attached hydrogens (tertiary/aromatic N) is 2. The molecular formula is C20H19ClIN3O. The lowest BCUT2D eigenvalue weighted by Crippen LogP contribution is -2.49. The Balaban J connectivity index is 1.62. The lowest BCUT2D eigenvalue weighted by molar-refractivity contribution is 0.0898. The molecule has 0 saturated heterocycles. The molecule has 134 valence electrons. The Morgan fingerprint density at radius 1 is 1.35 bits per heavy atom. The molecule has 0 saturated carbocycles. The highest BCUT2D eigenvalue weighted by Crippen LogP contribution is 2.32. The maximum absolute atomic E-state index is 12.8. The summed E-state index contributed by atoms with van der Waals surface area (Å²) in [7, 11) is 0. The van der Waals surface area contributed by atoms with Crippen molar-refractivity contribution in [3.05, 3.63) is 67.5 Å². The lowest BCUT2D eigenvalue weighted by atomic mass is 9.81. The first-order valence-corrected chi connectivity index (χ1v) is 10.0. The second-order valence-electron chi connectivity index (χ2n) is 7.28. The fourth-order valence-electron chi connectivity index (χ4n) is 3.64. The second kappa shape index (κ2) is 6.53. The highest BCUT2D eigenvalue weighted by atomic mass is 127. The molecule has 0 fully saturated rings. The molecule has 1 amide bonds. The molecule has 1 N–H and O–H groups in total. The van der Waals surface area contributed by atoms with E-state index in [0.717, 1.165) is 34.0 Å². The van der Waals surface area contributed by atoms with Gasteiger partial charge in [-0.1, -0.05) is 17.7 Å². The summed E-state index contributed by atoms with van der Waals surface area (Å²) >= 11 is 8.45. The van der Waals surface area contributed by atoms with Gasteiger partial charge in [-0.05, 0) is 85.5 Å². The molecule has 1 unspecified atom stereocenters. The topological polar surface area (TPSA) is 46.4 Å². The predicted molar refractivity (Wildman–Crippen MR) is 112 cm³/mol. The van der Waals surface area contributed by atoms with Gasteiger partial charge in [-0.25, -0.2) is 4.52 Å². The maximum atomic E-state index is 12.8. The van der Waals surface area contributed by atoms with Crippen LogP contribution in [-0.2, 0) is 12.8 Å². The first kappa shape index (κ1) is 17.8. The van der Waals surface area contributed by atoms with Crippen molar-refractivity contribution in [3.63, 3.8) is 0 Å². The van der Waals surface area contributed by atoms with Gasteiger partial charge >= 0.3 is 0 Å². The third-order valence-corrected chi connectivity index (χ3v) is 6.02. The van der Waals surface area contributed by atoms with Crippen LogP contribution in [0.5, 0.6) is 0 Å². The first-order chi connectivity index (χ1) is 12.3. The van der Waals surface area contributed by atoms with Crippen molar-refractivity contribution in [1.29, 1.82) is 0 Å². The van der Waals surface area contributed by atoms with Crippen molar-refractivity contribution in [3.8, 4) is 0 Å². The van der Waals surface area contributed by atoms with Crippen molar-refractivity contribution in [2.75, 3.05) is 0 Å². The van der Waals surface area contributed by atoms with Crippen LogP contribution in [0.2, 0.25) is 5.02 Å². The number of carbonyl (C=O) groups is 1. The van der Waals surface area contributed by atoms with Gasteiger partial charge in [0.05, 0.1) is 21.8 Å². The van der Waals surface area contributed by atoms with E-state index in [2.05, 4.69) is 60.1 Å². The Kier molecular flexibility index (Phi) is 4.47. The van der Waals surface area contributed by atoms with Crippen LogP contribution < -0.4 is 5.32 Å². The molecule has 0 spiro atoms. The summed E-state index contributed by atoms with van der Waals surface area (Å²) in [4.78, 5) is 12.8. The number of benzene rings is 1. The molecular weight excluding hydrogens is 461 g/mol. The van der Waals surface area contributed by atoms with E-state index >= 15 is 0 Å². The molecule has 0 radical (unpaired) electrons. The van der Waals surface area contributed by atoms with Gasteiger partial charge in [0, 0.05) is 20.9 Å². The van der Waals surface area contributed by atoms with Crippen molar-refractivity contribution < 1.29 is 4.79 Å². The van der Waals surface area contributed by atoms with Crippen molar-refractivity contribution >= 4 is 45.6 Å². The minimum absolute atomic E-state index is 0.121. The van der Waals surface area contributed by atoms with Gasteiger partial charge < -0.3 is 5.32 Å². The minimum Gasteiger partial charge on any atom is -0.346 e. The summed E-state index contributed by atoms with van der Waals surface area (Å²) in [6, 6.07) is 9.72. The monoisotopic (exact) mass is 479 g/mol. The highest BCUT2D eigenvalue weighted by molar-refractivity contribution is 14.1. The number of aryl methyl sites for hydroxylation is 2. The molecule has 6 heteroatoms. The molecule has 1 aromatic carbocycles. The van der Waals surface area contributed by atoms with Gasteiger partial charge in [0.2, 0.25) is 0 Å². The number of amides is 1. The summed E-state index contributed by atoms with van der Waals surface area (Å²) < 4.78 is 2.98. The Morgan fingerprint density at radius 2 is 2.15 bits per heavy atom. The molecule has 1 aliphatic carbocycles. The van der Waals surface area contributed by atoms with Gasteiger partial charge in [0.25, 0.3) is 5.91 Å². The molecule has 0 aliphatic heterocycles. The van der Waals surface area contributed by atoms with E-state index in [0.29, 0.717) is 10.6 Å². The van der Waals surface area contributed by atoms with Crippen LogP contribution in [0.1, 0.15) is 40.5 Å². The zero-order valence-electron chi connectivity index (χ0n) is 14.6. The number of rotatable bonds is 2. The second-order valence-corrected chi connectivity index (χ2v) is 8.93. The zero-order valence-corrected chi connectivity index (χ0v) is 17.6. The average molecular weight is 480 g/mol. The fraction of sp³-hybridized carbons (Fsp3) is 0.300. The summed E-state index contributed by atoms with van der Waals surface area (Å²) in [6.45, 7) is 4.17. The van der Waals surface area contributed by atoms with E-state index < -0.39 is 0 Å². The van der Waals surface area contributed by atoms with Gasteiger partial charge in [-0.2, -0.15) is 5.10 Å². The number of hydrogen-bond donors (Lipinski definition) is 1. The van der Waals surface area contributed by atoms with Gasteiger partial charge in [0.1, 0.15) is 0 Å². The van der Waals surface area contributed by atoms with Gasteiger partial charge in [0.15, 0.2) is 0 Å². The Labute approximate surface area is 171 Å². The minimum atomic E-state index is -0.315. The number of fused-ring (bicyclic) bond motifs is 3. The Bertz CT molecular complexity index is 1030. The highest BCUT2D eigenvalue weighted by Gasteiger charge is 2.34. The molecule has 1 atom stereocenters. The van der Waals surface area contributed by atoms with E-state index in [9.17, 15) is 4.79 Å². The van der Waals surface area contributed by atoms with E-state index in [1.54, 1.807) is 6.07 Å². The van der Waals surface area contributed by atoms with Crippen LogP contribution >= 0.6 is 34.2 Å². The lowest BCUT2D eigenvalue weighted by Gasteiger charge is -2.34. The Morgan fingerprint density at radius 3 is 2.92 bits per heavy atom. The average Bonchev–Trinajstić information content (AvgIpc) is 2.90. The molecule has 4 nitrogen and oxygen atoms in total. The van der Waals surface area contributed by atoms with E-state index in [1.807, 2.05) is 16.6 Å². The van der Waals surface area contributed by atoms with Gasteiger partial charge in [-0.15, -0.1) is 0 Å². The number of nitrogens with one attached hydrogen (secondary N) is 1. The standard InChI is InChI=1S/C20H19ClIN3O/c1-12-3-6-18-15-10-20(2,8-7-17(15)24-25(18)11-12)23-19(26)14-5-4-13(22)9-16(14)21/h3-6,9,11H,7-8,10H2,1-2H3,(H,23,26). The molecule has 2 aromatic heterocycles. The number of carbonyl (C=O) groups excluding carboxylic acids is 1. The van der Waals surface area contributed by atoms with Crippen LogP contribution in [0.3, 0.4) is 0 Å². The molecule has 3 aromatic rings. The summed E-state index contributed by atoms with van der Waals surface area (Å²) in [6.07, 6.45) is 4.53. The van der Waals surface area contributed by atoms with Gasteiger partial charge in [-0.3, -0.25) is 4.79 Å². The van der Waals surface area contributed by atoms with Crippen LogP contribution in [0.25, 0.3) is 5.52 Å². The van der Waals surface area contributed by atoms with Crippen molar-refractivity contribution in [2.24, 2.45) is 0 Å². The van der Waals surface area contributed by atoms with Crippen LogP contribution in [-0.4, -0.2) is 21.1 Å². The predicted octanol–water partition coefficient (Wildman–Crippen LogP) is 4.58. The number of hydrogen-bond acceptors (Lipinski definition) is 2. The molecule has 26 heavy (non-hydrogen) atoms. The van der Waals surface area contributed by atoms with Crippen LogP contribution in [0.4, 0.5) is 0 Å². The van der Waals surface area contributed by atoms with Crippen LogP contribution in [0.15, 0.2) is 36.5 Å². The van der Waals surface area contributed by atoms with Crippen molar-refractivity contribution in [1.82, 2.24) is 14.9 Å². The summed E-state index contributed by atoms with van der Waals surface area (Å²) in [5.74, 6) is -0.121. The smallest absolute Gasteiger partial charge is 0.253 e. The fourth-order valence-corrected chi connectivity index (χ4v) is 4.58. The molecule has 2 heterocycles. The molecule has 1 aliphatic rings. The summed E-state index contributed by atoms with van der Waals surface area (Å²) in [5, 5.41) is 8.43. The van der Waals surface area contributed by atoms with E-state index in [4.69, 9.17) is 16.7 Å². The quantitative estimate of drug-likeness (QED) is 0.547. The van der Waals surface area contributed by atoms with E-state index in [1.165, 1.54) is 11.1 Å². The number of pyridine rings is 1. The molecule has 0 bridgehead atoms. The Hall–Kier alpha value is -1.60. The number of aromatic nitrogens is 2. The van der Waals surface area contributed by atoms with E-state index in [-0.39, 0.29) is 11.4 Å². The van der Waals surface area contributed by atoms with Crippen molar-refractivity contribution in [2.45, 2.75) is 38.6 Å².